The standard InChI is InChI=1S/C18H21NO/c1-2-5-17(20)19-11-10-14-12-15-8-3-6-13-7-4-9-16(14)18(13)15/h3-4,6-9,14H,2,5,10-12H2,1H3,(H,19,20). The summed E-state index contributed by atoms with van der Waals surface area (Å²) in [6.07, 6.45) is 3.70. The highest BCUT2D eigenvalue weighted by atomic mass is 16.1. The van der Waals surface area contributed by atoms with Crippen LogP contribution in [-0.4, -0.2) is 12.5 Å². The van der Waals surface area contributed by atoms with Crippen LogP contribution in [0, 0.1) is 0 Å². The van der Waals surface area contributed by atoms with Gasteiger partial charge in [0.2, 0.25) is 5.91 Å². The molecular weight excluding hydrogens is 246 g/mol. The van der Waals surface area contributed by atoms with Gasteiger partial charge >= 0.3 is 0 Å². The summed E-state index contributed by atoms with van der Waals surface area (Å²) >= 11 is 0. The van der Waals surface area contributed by atoms with E-state index in [1.54, 1.807) is 0 Å². The fourth-order valence-electron chi connectivity index (χ4n) is 3.29. The molecule has 104 valence electrons. The number of amides is 1. The number of carbonyl (C=O) groups excluding carboxylic acids is 1. The Hall–Kier alpha value is -1.83. The maximum absolute atomic E-state index is 11.5. The molecule has 2 aromatic rings. The molecule has 0 aromatic heterocycles. The molecule has 2 nitrogen and oxygen atoms in total. The first-order chi connectivity index (χ1) is 9.79. The summed E-state index contributed by atoms with van der Waals surface area (Å²) in [4.78, 5) is 11.5. The van der Waals surface area contributed by atoms with Crippen molar-refractivity contribution in [2.45, 2.75) is 38.5 Å². The second kappa shape index (κ2) is 5.66. The molecule has 1 atom stereocenters. The number of hydrogen-bond acceptors (Lipinski definition) is 1. The number of rotatable bonds is 5. The van der Waals surface area contributed by atoms with Crippen LogP contribution in [0.25, 0.3) is 10.8 Å². The van der Waals surface area contributed by atoms with E-state index < -0.39 is 0 Å². The third-order valence-electron chi connectivity index (χ3n) is 4.22. The average molecular weight is 267 g/mol. The Kier molecular flexibility index (Phi) is 3.72. The smallest absolute Gasteiger partial charge is 0.219 e. The van der Waals surface area contributed by atoms with Crippen molar-refractivity contribution in [3.05, 3.63) is 47.5 Å². The first-order valence-electron chi connectivity index (χ1n) is 7.57. The molecule has 3 rings (SSSR count). The minimum Gasteiger partial charge on any atom is -0.356 e. The molecule has 2 heteroatoms. The quantitative estimate of drug-likeness (QED) is 0.877. The minimum atomic E-state index is 0.182. The average Bonchev–Trinajstić information content (AvgIpc) is 2.80. The first-order valence-corrected chi connectivity index (χ1v) is 7.57. The Labute approximate surface area is 120 Å². The van der Waals surface area contributed by atoms with Crippen molar-refractivity contribution >= 4 is 16.7 Å². The number of carbonyl (C=O) groups is 1. The molecule has 0 fully saturated rings. The van der Waals surface area contributed by atoms with Crippen molar-refractivity contribution in [2.24, 2.45) is 0 Å². The largest absolute Gasteiger partial charge is 0.356 e. The highest BCUT2D eigenvalue weighted by Crippen LogP contribution is 2.39. The molecule has 1 N–H and O–H groups in total. The van der Waals surface area contributed by atoms with Gasteiger partial charge in [-0.15, -0.1) is 0 Å². The van der Waals surface area contributed by atoms with Gasteiger partial charge in [0.1, 0.15) is 0 Å². The molecule has 0 saturated heterocycles. The van der Waals surface area contributed by atoms with Crippen LogP contribution < -0.4 is 5.32 Å². The van der Waals surface area contributed by atoms with Gasteiger partial charge < -0.3 is 5.32 Å². The fourth-order valence-corrected chi connectivity index (χ4v) is 3.29. The summed E-state index contributed by atoms with van der Waals surface area (Å²) in [6, 6.07) is 13.2. The van der Waals surface area contributed by atoms with Gasteiger partial charge in [-0.3, -0.25) is 4.79 Å². The summed E-state index contributed by atoms with van der Waals surface area (Å²) in [5, 5.41) is 5.82. The van der Waals surface area contributed by atoms with Gasteiger partial charge in [0.05, 0.1) is 0 Å². The Morgan fingerprint density at radius 2 is 2.05 bits per heavy atom. The van der Waals surface area contributed by atoms with Crippen LogP contribution in [0.5, 0.6) is 0 Å². The summed E-state index contributed by atoms with van der Waals surface area (Å²) in [5.41, 5.74) is 2.92. The number of benzene rings is 2. The van der Waals surface area contributed by atoms with Crippen LogP contribution in [-0.2, 0) is 11.2 Å². The van der Waals surface area contributed by atoms with Gasteiger partial charge in [-0.1, -0.05) is 43.3 Å². The monoisotopic (exact) mass is 267 g/mol. The first kappa shape index (κ1) is 13.2. The second-order valence-corrected chi connectivity index (χ2v) is 5.65. The molecule has 1 aliphatic rings. The van der Waals surface area contributed by atoms with Gasteiger partial charge in [0, 0.05) is 13.0 Å². The van der Waals surface area contributed by atoms with Gasteiger partial charge in [-0.25, -0.2) is 0 Å². The molecule has 0 radical (unpaired) electrons. The zero-order chi connectivity index (χ0) is 13.9. The van der Waals surface area contributed by atoms with E-state index in [-0.39, 0.29) is 5.91 Å². The lowest BCUT2D eigenvalue weighted by molar-refractivity contribution is -0.121. The predicted octanol–water partition coefficient (Wildman–Crippen LogP) is 3.79. The molecular formula is C18H21NO. The fraction of sp³-hybridized carbons (Fsp3) is 0.389. The molecule has 2 aromatic carbocycles. The number of nitrogens with one attached hydrogen (secondary N) is 1. The zero-order valence-electron chi connectivity index (χ0n) is 12.0. The Bertz CT molecular complexity index is 627. The van der Waals surface area contributed by atoms with E-state index in [0.717, 1.165) is 25.8 Å². The summed E-state index contributed by atoms with van der Waals surface area (Å²) in [5.74, 6) is 0.735. The Balaban J connectivity index is 1.70. The third-order valence-corrected chi connectivity index (χ3v) is 4.22. The van der Waals surface area contributed by atoms with E-state index in [1.807, 2.05) is 6.92 Å². The van der Waals surface area contributed by atoms with Gasteiger partial charge in [0.25, 0.3) is 0 Å². The second-order valence-electron chi connectivity index (χ2n) is 5.65. The van der Waals surface area contributed by atoms with Gasteiger partial charge in [0.15, 0.2) is 0 Å². The molecule has 0 heterocycles. The van der Waals surface area contributed by atoms with E-state index in [9.17, 15) is 4.79 Å². The molecule has 20 heavy (non-hydrogen) atoms. The third kappa shape index (κ3) is 2.43. The molecule has 0 aliphatic heterocycles. The lowest BCUT2D eigenvalue weighted by Crippen LogP contribution is -2.25. The van der Waals surface area contributed by atoms with Crippen LogP contribution in [0.3, 0.4) is 0 Å². The van der Waals surface area contributed by atoms with E-state index in [4.69, 9.17) is 0 Å². The van der Waals surface area contributed by atoms with Crippen LogP contribution in [0.4, 0.5) is 0 Å². The van der Waals surface area contributed by atoms with Crippen molar-refractivity contribution < 1.29 is 4.79 Å². The molecule has 0 spiro atoms. The molecule has 0 bridgehead atoms. The highest BCUT2D eigenvalue weighted by molar-refractivity contribution is 5.91. The van der Waals surface area contributed by atoms with Crippen molar-refractivity contribution in [1.29, 1.82) is 0 Å². The minimum absolute atomic E-state index is 0.182. The topological polar surface area (TPSA) is 29.1 Å². The lowest BCUT2D eigenvalue weighted by atomic mass is 9.96. The predicted molar refractivity (Wildman–Crippen MR) is 82.9 cm³/mol. The molecule has 0 saturated carbocycles. The van der Waals surface area contributed by atoms with Gasteiger partial charge in [-0.2, -0.15) is 0 Å². The van der Waals surface area contributed by atoms with E-state index in [1.165, 1.54) is 21.9 Å². The Morgan fingerprint density at radius 3 is 2.85 bits per heavy atom. The van der Waals surface area contributed by atoms with Crippen LogP contribution in [0.15, 0.2) is 36.4 Å². The molecule has 1 aliphatic carbocycles. The van der Waals surface area contributed by atoms with Crippen molar-refractivity contribution in [2.75, 3.05) is 6.54 Å². The van der Waals surface area contributed by atoms with Crippen LogP contribution >= 0.6 is 0 Å². The normalized spacial score (nSPS) is 16.6. The van der Waals surface area contributed by atoms with Crippen molar-refractivity contribution in [3.8, 4) is 0 Å². The highest BCUT2D eigenvalue weighted by Gasteiger charge is 2.23. The van der Waals surface area contributed by atoms with Crippen molar-refractivity contribution in [1.82, 2.24) is 5.32 Å². The SMILES string of the molecule is CCCC(=O)NCCC1Cc2cccc3cccc1c23. The van der Waals surface area contributed by atoms with E-state index in [0.29, 0.717) is 12.3 Å². The molecule has 1 unspecified atom stereocenters. The summed E-state index contributed by atoms with van der Waals surface area (Å²) in [7, 11) is 0. The van der Waals surface area contributed by atoms with Crippen molar-refractivity contribution in [3.63, 3.8) is 0 Å². The van der Waals surface area contributed by atoms with E-state index >= 15 is 0 Å². The molecule has 1 amide bonds. The van der Waals surface area contributed by atoms with Gasteiger partial charge in [-0.05, 0) is 47.1 Å². The number of hydrogen-bond donors (Lipinski definition) is 1. The maximum Gasteiger partial charge on any atom is 0.219 e. The summed E-state index contributed by atoms with van der Waals surface area (Å²) < 4.78 is 0. The van der Waals surface area contributed by atoms with Crippen LogP contribution in [0.2, 0.25) is 0 Å². The van der Waals surface area contributed by atoms with Crippen LogP contribution in [0.1, 0.15) is 43.2 Å². The maximum atomic E-state index is 11.5. The summed E-state index contributed by atoms with van der Waals surface area (Å²) in [6.45, 7) is 2.82. The lowest BCUT2D eigenvalue weighted by Gasteiger charge is -2.12. The van der Waals surface area contributed by atoms with E-state index in [2.05, 4.69) is 41.7 Å². The Morgan fingerprint density at radius 1 is 1.25 bits per heavy atom. The zero-order valence-corrected chi connectivity index (χ0v) is 12.0.